The molecular formula is C32H47P. The van der Waals surface area contributed by atoms with Crippen molar-refractivity contribution >= 4 is 13.2 Å². The fourth-order valence-electron chi connectivity index (χ4n) is 6.54. The number of rotatable bonds is 8. The minimum atomic E-state index is -0.102. The van der Waals surface area contributed by atoms with E-state index in [4.69, 9.17) is 0 Å². The molecule has 0 N–H and O–H groups in total. The van der Waals surface area contributed by atoms with E-state index in [9.17, 15) is 0 Å². The molecule has 2 aliphatic rings. The molecule has 180 valence electrons. The first-order chi connectivity index (χ1) is 16.0. The van der Waals surface area contributed by atoms with E-state index in [1.165, 1.54) is 77.0 Å². The van der Waals surface area contributed by atoms with Crippen LogP contribution in [0.5, 0.6) is 0 Å². The third-order valence-electron chi connectivity index (χ3n) is 7.88. The van der Waals surface area contributed by atoms with Gasteiger partial charge in [-0.25, -0.2) is 0 Å². The van der Waals surface area contributed by atoms with Crippen LogP contribution in [0.4, 0.5) is 0 Å². The molecule has 2 saturated carbocycles. The van der Waals surface area contributed by atoms with Crippen LogP contribution in [0.3, 0.4) is 0 Å². The van der Waals surface area contributed by atoms with Crippen molar-refractivity contribution in [2.24, 2.45) is 11.8 Å². The Balaban J connectivity index is 1.84. The molecular weight excluding hydrogens is 415 g/mol. The fourth-order valence-corrected chi connectivity index (χ4v) is 10.5. The third kappa shape index (κ3) is 6.31. The molecule has 2 aromatic rings. The van der Waals surface area contributed by atoms with Crippen molar-refractivity contribution in [3.63, 3.8) is 0 Å². The predicted molar refractivity (Wildman–Crippen MR) is 149 cm³/mol. The molecule has 0 spiro atoms. The van der Waals surface area contributed by atoms with E-state index in [1.807, 2.05) is 0 Å². The van der Waals surface area contributed by atoms with Crippen molar-refractivity contribution in [3.8, 4) is 11.1 Å². The van der Waals surface area contributed by atoms with E-state index in [0.29, 0.717) is 11.8 Å². The average Bonchev–Trinajstić information content (AvgIpc) is 2.81. The summed E-state index contributed by atoms with van der Waals surface area (Å²) < 4.78 is 0. The highest BCUT2D eigenvalue weighted by molar-refractivity contribution is 7.67. The lowest BCUT2D eigenvalue weighted by atomic mass is 9.87. The molecule has 0 aromatic heterocycles. The molecule has 33 heavy (non-hydrogen) atoms. The molecule has 0 heterocycles. The zero-order valence-corrected chi connectivity index (χ0v) is 22.7. The molecule has 2 fully saturated rings. The molecule has 0 radical (unpaired) electrons. The van der Waals surface area contributed by atoms with Crippen LogP contribution in [0.25, 0.3) is 11.1 Å². The molecule has 0 unspecified atom stereocenters. The molecule has 0 bridgehead atoms. The Bertz CT molecular complexity index is 822. The smallest absolute Gasteiger partial charge is 0.0101 e. The van der Waals surface area contributed by atoms with Gasteiger partial charge in [-0.3, -0.25) is 0 Å². The first-order valence-electron chi connectivity index (χ1n) is 14.0. The van der Waals surface area contributed by atoms with Crippen LogP contribution >= 0.6 is 7.92 Å². The van der Waals surface area contributed by atoms with Gasteiger partial charge in [-0.2, -0.15) is 0 Å². The molecule has 4 rings (SSSR count). The van der Waals surface area contributed by atoms with Gasteiger partial charge in [0.1, 0.15) is 0 Å². The molecule has 2 aliphatic carbocycles. The maximum absolute atomic E-state index is 2.57. The van der Waals surface area contributed by atoms with Gasteiger partial charge in [0.2, 0.25) is 0 Å². The van der Waals surface area contributed by atoms with E-state index in [1.54, 1.807) is 27.6 Å². The van der Waals surface area contributed by atoms with Gasteiger partial charge < -0.3 is 0 Å². The Morgan fingerprint density at radius 3 is 1.61 bits per heavy atom. The van der Waals surface area contributed by atoms with Crippen molar-refractivity contribution in [1.29, 1.82) is 0 Å². The summed E-state index contributed by atoms with van der Waals surface area (Å²) in [6, 6.07) is 16.9. The zero-order valence-electron chi connectivity index (χ0n) is 21.8. The van der Waals surface area contributed by atoms with Crippen molar-refractivity contribution in [1.82, 2.24) is 0 Å². The van der Waals surface area contributed by atoms with Crippen molar-refractivity contribution in [2.45, 2.75) is 116 Å². The summed E-state index contributed by atoms with van der Waals surface area (Å²) in [6.45, 7) is 9.51. The highest BCUT2D eigenvalue weighted by Crippen LogP contribution is 2.56. The normalized spacial score (nSPS) is 18.5. The van der Waals surface area contributed by atoms with Crippen LogP contribution in [0.15, 0.2) is 42.5 Å². The standard InChI is InChI=1S/C32H47P/c1-24(2)22-26-14-13-15-27(23-25(3)4)32(26)30-20-11-12-21-31(30)33(28-16-7-5-8-17-28)29-18-9-6-10-19-29/h11-15,20-21,24-25,28-29H,5-10,16-19,22-23H2,1-4H3. The molecule has 2 aromatic carbocycles. The Labute approximate surface area is 205 Å². The van der Waals surface area contributed by atoms with Gasteiger partial charge in [-0.15, -0.1) is 0 Å². The molecule has 1 heteroatoms. The van der Waals surface area contributed by atoms with Gasteiger partial charge in [-0.05, 0) is 89.2 Å². The Hall–Kier alpha value is -1.13. The molecule has 0 atom stereocenters. The average molecular weight is 463 g/mol. The quantitative estimate of drug-likeness (QED) is 0.343. The van der Waals surface area contributed by atoms with Gasteiger partial charge in [-0.1, -0.05) is 117 Å². The SMILES string of the molecule is CC(C)Cc1cccc(CC(C)C)c1-c1ccccc1P(C1CCCCC1)C1CCCCC1. The first-order valence-corrected chi connectivity index (χ1v) is 15.5. The Morgan fingerprint density at radius 1 is 0.636 bits per heavy atom. The second-order valence-electron chi connectivity index (χ2n) is 11.7. The maximum atomic E-state index is 2.57. The second-order valence-corrected chi connectivity index (χ2v) is 14.4. The molecule has 0 amide bonds. The van der Waals surface area contributed by atoms with Crippen LogP contribution in [0, 0.1) is 11.8 Å². The summed E-state index contributed by atoms with van der Waals surface area (Å²) in [5.74, 6) is 1.37. The summed E-state index contributed by atoms with van der Waals surface area (Å²) in [5.41, 5.74) is 8.27. The van der Waals surface area contributed by atoms with Crippen molar-refractivity contribution in [2.75, 3.05) is 0 Å². The van der Waals surface area contributed by atoms with Gasteiger partial charge in [0.15, 0.2) is 0 Å². The minimum absolute atomic E-state index is 0.102. The van der Waals surface area contributed by atoms with E-state index >= 15 is 0 Å². The zero-order chi connectivity index (χ0) is 23.2. The summed E-state index contributed by atoms with van der Waals surface area (Å²) in [6.07, 6.45) is 17.0. The van der Waals surface area contributed by atoms with Crippen molar-refractivity contribution < 1.29 is 0 Å². The predicted octanol–water partition coefficient (Wildman–Crippen LogP) is 9.52. The van der Waals surface area contributed by atoms with Gasteiger partial charge in [0.05, 0.1) is 0 Å². The van der Waals surface area contributed by atoms with Crippen LogP contribution in [0.2, 0.25) is 0 Å². The van der Waals surface area contributed by atoms with Gasteiger partial charge in [0.25, 0.3) is 0 Å². The lowest BCUT2D eigenvalue weighted by Gasteiger charge is -2.40. The number of hydrogen-bond acceptors (Lipinski definition) is 0. The highest BCUT2D eigenvalue weighted by atomic mass is 31.1. The summed E-state index contributed by atoms with van der Waals surface area (Å²) in [5, 5.41) is 1.76. The molecule has 0 saturated heterocycles. The third-order valence-corrected chi connectivity index (χ3v) is 11.4. The first kappa shape index (κ1) is 25.0. The molecule has 0 nitrogen and oxygen atoms in total. The van der Waals surface area contributed by atoms with Crippen molar-refractivity contribution in [3.05, 3.63) is 53.6 Å². The minimum Gasteiger partial charge on any atom is -0.0683 e. The van der Waals surface area contributed by atoms with Crippen LogP contribution in [-0.2, 0) is 12.8 Å². The highest BCUT2D eigenvalue weighted by Gasteiger charge is 2.34. The topological polar surface area (TPSA) is 0 Å². The second kappa shape index (κ2) is 12.0. The lowest BCUT2D eigenvalue weighted by molar-refractivity contribution is 0.487. The monoisotopic (exact) mass is 462 g/mol. The maximum Gasteiger partial charge on any atom is -0.0101 e. The van der Waals surface area contributed by atoms with E-state index in [-0.39, 0.29) is 7.92 Å². The number of benzene rings is 2. The van der Waals surface area contributed by atoms with Crippen LogP contribution in [-0.4, -0.2) is 11.3 Å². The van der Waals surface area contributed by atoms with E-state index in [2.05, 4.69) is 70.2 Å². The lowest BCUT2D eigenvalue weighted by Crippen LogP contribution is -2.27. The number of hydrogen-bond donors (Lipinski definition) is 0. The Kier molecular flexibility index (Phi) is 9.10. The van der Waals surface area contributed by atoms with E-state index in [0.717, 1.165) is 11.3 Å². The summed E-state index contributed by atoms with van der Waals surface area (Å²) >= 11 is 0. The summed E-state index contributed by atoms with van der Waals surface area (Å²) in [7, 11) is -0.102. The fraction of sp³-hybridized carbons (Fsp3) is 0.625. The molecule has 0 aliphatic heterocycles. The van der Waals surface area contributed by atoms with Crippen LogP contribution in [0.1, 0.15) is 103 Å². The van der Waals surface area contributed by atoms with Crippen LogP contribution < -0.4 is 5.30 Å². The van der Waals surface area contributed by atoms with E-state index < -0.39 is 0 Å². The summed E-state index contributed by atoms with van der Waals surface area (Å²) in [4.78, 5) is 0. The Morgan fingerprint density at radius 2 is 1.12 bits per heavy atom. The van der Waals surface area contributed by atoms with Gasteiger partial charge >= 0.3 is 0 Å². The largest absolute Gasteiger partial charge is 0.0683 e. The van der Waals surface area contributed by atoms with Gasteiger partial charge in [0, 0.05) is 0 Å².